The summed E-state index contributed by atoms with van der Waals surface area (Å²) in [7, 11) is 0. The molecule has 5 nitrogen and oxygen atoms in total. The number of nitrogens with zero attached hydrogens (tertiary/aromatic N) is 3. The van der Waals surface area contributed by atoms with Gasteiger partial charge in [-0.1, -0.05) is 12.1 Å². The molecule has 1 fully saturated rings. The predicted octanol–water partition coefficient (Wildman–Crippen LogP) is 2.35. The van der Waals surface area contributed by atoms with E-state index >= 15 is 0 Å². The third-order valence-electron chi connectivity index (χ3n) is 5.57. The Kier molecular flexibility index (Phi) is 5.45. The van der Waals surface area contributed by atoms with E-state index < -0.39 is 0 Å². The maximum Gasteiger partial charge on any atom is 0.273 e. The number of quaternary nitrogens is 1. The van der Waals surface area contributed by atoms with Crippen LogP contribution in [0.3, 0.4) is 0 Å². The minimum absolute atomic E-state index is 0.0116. The Morgan fingerprint density at radius 1 is 1.10 bits per heavy atom. The molecule has 0 aliphatic carbocycles. The number of aryl methyl sites for hydroxylation is 1. The fourth-order valence-corrected chi connectivity index (χ4v) is 3.79. The Labute approximate surface area is 170 Å². The number of amides is 1. The molecule has 0 spiro atoms. The Hall–Kier alpha value is -2.99. The van der Waals surface area contributed by atoms with Crippen molar-refractivity contribution in [1.29, 1.82) is 0 Å². The lowest BCUT2D eigenvalue weighted by Crippen LogP contribution is -3.14. The summed E-state index contributed by atoms with van der Waals surface area (Å²) in [5, 5.41) is 4.71. The molecule has 2 aromatic carbocycles. The predicted molar refractivity (Wildman–Crippen MR) is 111 cm³/mol. The van der Waals surface area contributed by atoms with E-state index in [4.69, 9.17) is 5.10 Å². The Balaban J connectivity index is 1.73. The summed E-state index contributed by atoms with van der Waals surface area (Å²) in [5.74, 6) is -0.304. The van der Waals surface area contributed by atoms with Gasteiger partial charge in [0.25, 0.3) is 5.91 Å². The average Bonchev–Trinajstić information content (AvgIpc) is 3.19. The number of carbonyl (C=O) groups is 1. The number of benzene rings is 2. The summed E-state index contributed by atoms with van der Waals surface area (Å²) in [6.45, 7) is 8.69. The smallest absolute Gasteiger partial charge is 0.273 e. The molecule has 1 saturated heterocycles. The van der Waals surface area contributed by atoms with Crippen molar-refractivity contribution in [3.05, 3.63) is 71.7 Å². The largest absolute Gasteiger partial charge is 0.332 e. The zero-order chi connectivity index (χ0) is 20.4. The normalized spacial score (nSPS) is 14.9. The summed E-state index contributed by atoms with van der Waals surface area (Å²) in [6.07, 6.45) is 0. The first-order valence-corrected chi connectivity index (χ1v) is 10.1. The van der Waals surface area contributed by atoms with Crippen molar-refractivity contribution in [2.75, 3.05) is 32.7 Å². The molecular weight excluding hydrogens is 367 g/mol. The first-order valence-electron chi connectivity index (χ1n) is 10.1. The summed E-state index contributed by atoms with van der Waals surface area (Å²) in [4.78, 5) is 16.8. The summed E-state index contributed by atoms with van der Waals surface area (Å²) < 4.78 is 15.1. The molecule has 0 saturated carbocycles. The second kappa shape index (κ2) is 8.17. The molecule has 0 unspecified atom stereocenters. The number of hydrogen-bond donors (Lipinski definition) is 1. The van der Waals surface area contributed by atoms with Crippen LogP contribution in [0.4, 0.5) is 4.39 Å². The van der Waals surface area contributed by atoms with E-state index in [9.17, 15) is 9.18 Å². The number of piperazine rings is 1. The van der Waals surface area contributed by atoms with Gasteiger partial charge in [-0.15, -0.1) is 0 Å². The van der Waals surface area contributed by atoms with Gasteiger partial charge in [0.05, 0.1) is 44.1 Å². The third-order valence-corrected chi connectivity index (χ3v) is 5.57. The number of aromatic nitrogens is 2. The second-order valence-corrected chi connectivity index (χ2v) is 7.57. The Bertz CT molecular complexity index is 1000. The molecule has 1 N–H and O–H groups in total. The van der Waals surface area contributed by atoms with Crippen LogP contribution in [0.2, 0.25) is 0 Å². The first-order chi connectivity index (χ1) is 14.0. The Morgan fingerprint density at radius 2 is 1.83 bits per heavy atom. The minimum Gasteiger partial charge on any atom is -0.332 e. The van der Waals surface area contributed by atoms with Gasteiger partial charge in [0.15, 0.2) is 0 Å². The zero-order valence-electron chi connectivity index (χ0n) is 16.9. The third kappa shape index (κ3) is 4.07. The van der Waals surface area contributed by atoms with Crippen LogP contribution in [0.15, 0.2) is 54.6 Å². The van der Waals surface area contributed by atoms with Crippen LogP contribution in [-0.2, 0) is 0 Å². The number of halogens is 1. The number of likely N-dealkylation sites (N-methyl/N-ethyl adjacent to an activating group) is 1. The van der Waals surface area contributed by atoms with Crippen molar-refractivity contribution < 1.29 is 14.1 Å². The maximum absolute atomic E-state index is 13.4. The van der Waals surface area contributed by atoms with Crippen molar-refractivity contribution >= 4 is 5.91 Å². The molecular formula is C23H26FN4O+. The van der Waals surface area contributed by atoms with E-state index in [1.807, 2.05) is 42.2 Å². The van der Waals surface area contributed by atoms with Crippen molar-refractivity contribution in [3.8, 4) is 16.9 Å². The van der Waals surface area contributed by atoms with Crippen molar-refractivity contribution in [3.63, 3.8) is 0 Å². The van der Waals surface area contributed by atoms with E-state index in [0.29, 0.717) is 11.4 Å². The molecule has 29 heavy (non-hydrogen) atoms. The molecule has 1 amide bonds. The molecule has 1 aliphatic rings. The molecule has 1 aliphatic heterocycles. The van der Waals surface area contributed by atoms with E-state index in [1.54, 1.807) is 16.8 Å². The molecule has 0 bridgehead atoms. The topological polar surface area (TPSA) is 42.6 Å². The molecule has 3 aromatic rings. The number of nitrogens with one attached hydrogen (secondary N) is 1. The molecule has 2 heterocycles. The quantitative estimate of drug-likeness (QED) is 0.739. The van der Waals surface area contributed by atoms with Gasteiger partial charge in [-0.3, -0.25) is 4.79 Å². The molecule has 0 atom stereocenters. The van der Waals surface area contributed by atoms with Crippen LogP contribution in [0.1, 0.15) is 23.0 Å². The number of carbonyl (C=O) groups excluding carboxylic acids is 1. The lowest BCUT2D eigenvalue weighted by atomic mass is 10.1. The second-order valence-electron chi connectivity index (χ2n) is 7.57. The zero-order valence-corrected chi connectivity index (χ0v) is 16.9. The monoisotopic (exact) mass is 393 g/mol. The molecule has 4 rings (SSSR count). The highest BCUT2D eigenvalue weighted by Crippen LogP contribution is 2.23. The minimum atomic E-state index is -0.292. The highest BCUT2D eigenvalue weighted by Gasteiger charge is 2.27. The van der Waals surface area contributed by atoms with Gasteiger partial charge in [-0.25, -0.2) is 9.07 Å². The summed E-state index contributed by atoms with van der Waals surface area (Å²) >= 11 is 0. The lowest BCUT2D eigenvalue weighted by Gasteiger charge is -2.31. The van der Waals surface area contributed by atoms with Crippen LogP contribution in [0.5, 0.6) is 0 Å². The number of rotatable bonds is 4. The van der Waals surface area contributed by atoms with Gasteiger partial charge < -0.3 is 9.80 Å². The van der Waals surface area contributed by atoms with Crippen molar-refractivity contribution in [1.82, 2.24) is 14.7 Å². The molecule has 150 valence electrons. The molecule has 1 aromatic heterocycles. The highest BCUT2D eigenvalue weighted by molar-refractivity contribution is 5.94. The average molecular weight is 393 g/mol. The summed E-state index contributed by atoms with van der Waals surface area (Å²) in [6, 6.07) is 16.0. The van der Waals surface area contributed by atoms with Gasteiger partial charge >= 0.3 is 0 Å². The Morgan fingerprint density at radius 3 is 2.48 bits per heavy atom. The van der Waals surface area contributed by atoms with Gasteiger partial charge in [-0.2, -0.15) is 5.10 Å². The van der Waals surface area contributed by atoms with Crippen LogP contribution in [-0.4, -0.2) is 53.3 Å². The van der Waals surface area contributed by atoms with Gasteiger partial charge in [-0.05, 0) is 61.9 Å². The fraction of sp³-hybridized carbons (Fsp3) is 0.304. The van der Waals surface area contributed by atoms with Crippen LogP contribution in [0, 0.1) is 12.7 Å². The van der Waals surface area contributed by atoms with E-state index in [0.717, 1.165) is 49.5 Å². The lowest BCUT2D eigenvalue weighted by molar-refractivity contribution is -0.902. The van der Waals surface area contributed by atoms with Gasteiger partial charge in [0, 0.05) is 5.56 Å². The van der Waals surface area contributed by atoms with E-state index in [-0.39, 0.29) is 11.7 Å². The maximum atomic E-state index is 13.4. The van der Waals surface area contributed by atoms with Crippen molar-refractivity contribution in [2.24, 2.45) is 0 Å². The first kappa shape index (κ1) is 19.3. The van der Waals surface area contributed by atoms with Crippen molar-refractivity contribution in [2.45, 2.75) is 13.8 Å². The van der Waals surface area contributed by atoms with Crippen LogP contribution in [0.25, 0.3) is 16.9 Å². The fourth-order valence-electron chi connectivity index (χ4n) is 3.79. The van der Waals surface area contributed by atoms with E-state index in [2.05, 4.69) is 6.92 Å². The summed E-state index contributed by atoms with van der Waals surface area (Å²) in [5.41, 5.74) is 3.93. The van der Waals surface area contributed by atoms with Gasteiger partial charge in [0.2, 0.25) is 0 Å². The van der Waals surface area contributed by atoms with E-state index in [1.165, 1.54) is 17.0 Å². The molecule has 6 heteroatoms. The van der Waals surface area contributed by atoms with Crippen LogP contribution >= 0.6 is 0 Å². The van der Waals surface area contributed by atoms with Crippen LogP contribution < -0.4 is 4.90 Å². The SMILES string of the molecule is CC[NH+]1CCN(C(=O)c2cc(-c3ccc(F)cc3)nn2-c2cccc(C)c2)CC1. The standard InChI is InChI=1S/C23H25FN4O/c1-3-26-11-13-27(14-12-26)23(29)22-16-21(18-7-9-19(24)10-8-18)25-28(22)20-6-4-5-17(2)15-20/h4-10,15-16H,3,11-14H2,1-2H3/p+1. The van der Waals surface area contributed by atoms with Gasteiger partial charge in [0.1, 0.15) is 11.5 Å². The molecule has 0 radical (unpaired) electrons. The number of hydrogen-bond acceptors (Lipinski definition) is 2. The highest BCUT2D eigenvalue weighted by atomic mass is 19.1.